The lowest BCUT2D eigenvalue weighted by molar-refractivity contribution is -0.144. The number of carboxylic acid groups (broad SMARTS) is 5. The summed E-state index contributed by atoms with van der Waals surface area (Å²) in [5, 5.41) is 66.1. The number of nitrogens with zero attached hydrogens (tertiary/aromatic N) is 1. The average Bonchev–Trinajstić information content (AvgIpc) is 3.07. The van der Waals surface area contributed by atoms with Gasteiger partial charge in [-0.15, -0.1) is 0 Å². The molecule has 25 nitrogen and oxygen atoms in total. The zero-order valence-electron chi connectivity index (χ0n) is 28.9. The Balaban J connectivity index is 6.14. The van der Waals surface area contributed by atoms with E-state index < -0.39 is 154 Å². The maximum absolute atomic E-state index is 13.4. The van der Waals surface area contributed by atoms with Crippen LogP contribution in [0.5, 0.6) is 0 Å². The number of aliphatic carboxylic acids is 5. The van der Waals surface area contributed by atoms with Crippen molar-refractivity contribution in [3.63, 3.8) is 0 Å². The maximum Gasteiger partial charge on any atom is 0.326 e. The molecule has 17 N–H and O–H groups in total. The van der Waals surface area contributed by atoms with E-state index in [1.165, 1.54) is 0 Å². The van der Waals surface area contributed by atoms with Crippen molar-refractivity contribution in [3.05, 3.63) is 0 Å². The third-order valence-corrected chi connectivity index (χ3v) is 7.22. The minimum absolute atomic E-state index is 0.0511. The fourth-order valence-corrected chi connectivity index (χ4v) is 4.35. The van der Waals surface area contributed by atoms with Crippen molar-refractivity contribution < 1.29 is 78.6 Å². The number of carbonyl (C=O) groups is 10. The van der Waals surface area contributed by atoms with Crippen LogP contribution in [0.15, 0.2) is 4.99 Å². The summed E-state index contributed by atoms with van der Waals surface area (Å²) in [7, 11) is 0. The normalized spacial score (nSPS) is 14.0. The van der Waals surface area contributed by atoms with Crippen molar-refractivity contribution in [2.75, 3.05) is 13.2 Å². The van der Waals surface area contributed by atoms with Crippen LogP contribution >= 0.6 is 0 Å². The van der Waals surface area contributed by atoms with Crippen LogP contribution in [0, 0.1) is 0 Å². The molecule has 0 heterocycles. The van der Waals surface area contributed by atoms with Crippen molar-refractivity contribution in [1.82, 2.24) is 26.6 Å². The number of carboxylic acids is 5. The predicted molar refractivity (Wildman–Crippen MR) is 180 cm³/mol. The number of nitrogens with two attached hydrogens (primary N) is 3. The van der Waals surface area contributed by atoms with E-state index in [-0.39, 0.29) is 25.3 Å². The summed E-state index contributed by atoms with van der Waals surface area (Å²) in [6.45, 7) is -0.886. The molecule has 0 aromatic rings. The molecule has 0 aliphatic carbocycles. The van der Waals surface area contributed by atoms with Gasteiger partial charge in [-0.3, -0.25) is 48.1 Å². The van der Waals surface area contributed by atoms with E-state index in [0.29, 0.717) is 0 Å². The molecule has 0 bridgehead atoms. The first-order valence-corrected chi connectivity index (χ1v) is 16.2. The molecule has 304 valence electrons. The first kappa shape index (κ1) is 47.9. The highest BCUT2D eigenvalue weighted by Crippen LogP contribution is 2.08. The number of aliphatic hydroxyl groups is 1. The Kier molecular flexibility index (Phi) is 22.1. The van der Waals surface area contributed by atoms with Gasteiger partial charge in [-0.05, 0) is 38.5 Å². The van der Waals surface area contributed by atoms with Crippen molar-refractivity contribution in [2.45, 2.75) is 100 Å². The number of rotatable bonds is 28. The van der Waals surface area contributed by atoms with E-state index in [0.717, 1.165) is 0 Å². The number of guanidine groups is 1. The predicted octanol–water partition coefficient (Wildman–Crippen LogP) is -5.67. The van der Waals surface area contributed by atoms with Crippen LogP contribution in [0.1, 0.15) is 64.2 Å². The minimum atomic E-state index is -1.84. The molecule has 0 radical (unpaired) electrons. The molecule has 0 saturated heterocycles. The van der Waals surface area contributed by atoms with Crippen molar-refractivity contribution in [2.24, 2.45) is 22.2 Å². The van der Waals surface area contributed by atoms with Gasteiger partial charge in [0.05, 0.1) is 12.6 Å². The molecule has 0 aliphatic rings. The van der Waals surface area contributed by atoms with Crippen LogP contribution in [0.3, 0.4) is 0 Å². The van der Waals surface area contributed by atoms with Crippen LogP contribution in [-0.4, -0.2) is 145 Å². The molecular weight excluding hydrogens is 730 g/mol. The van der Waals surface area contributed by atoms with Gasteiger partial charge in [0.2, 0.25) is 29.5 Å². The number of nitrogens with one attached hydrogen (secondary N) is 5. The molecular formula is C29H47N9O16. The van der Waals surface area contributed by atoms with Crippen LogP contribution in [0.2, 0.25) is 0 Å². The summed E-state index contributed by atoms with van der Waals surface area (Å²) in [6, 6.07) is -10.1. The molecule has 6 unspecified atom stereocenters. The SMILES string of the molecule is NC(N)=NCCCC(N)C(=O)NC(CO)C(=O)NC(CCC(=O)O)C(=O)NC(CCC(=O)O)C(=O)NC(CCC(=O)O)C(=O)NC(CCC(=O)O)C(=O)O. The number of hydrogen-bond donors (Lipinski definition) is 14. The molecule has 5 amide bonds. The van der Waals surface area contributed by atoms with Gasteiger partial charge in [-0.1, -0.05) is 0 Å². The lowest BCUT2D eigenvalue weighted by Gasteiger charge is -2.26. The molecule has 54 heavy (non-hydrogen) atoms. The lowest BCUT2D eigenvalue weighted by Crippen LogP contribution is -2.59. The van der Waals surface area contributed by atoms with Gasteiger partial charge in [0.15, 0.2) is 5.96 Å². The lowest BCUT2D eigenvalue weighted by atomic mass is 10.0. The van der Waals surface area contributed by atoms with E-state index in [9.17, 15) is 68.4 Å². The van der Waals surface area contributed by atoms with Crippen LogP contribution in [0.4, 0.5) is 0 Å². The largest absolute Gasteiger partial charge is 0.481 e. The fraction of sp³-hybridized carbons (Fsp3) is 0.621. The summed E-state index contributed by atoms with van der Waals surface area (Å²) in [6.07, 6.45) is -5.21. The van der Waals surface area contributed by atoms with Gasteiger partial charge in [-0.2, -0.15) is 0 Å². The van der Waals surface area contributed by atoms with Gasteiger partial charge < -0.3 is 74.4 Å². The molecule has 0 saturated carbocycles. The molecule has 0 rings (SSSR count). The summed E-state index contributed by atoms with van der Waals surface area (Å²) in [5.74, 6) is -13.5. The third-order valence-electron chi connectivity index (χ3n) is 7.22. The second-order valence-corrected chi connectivity index (χ2v) is 11.6. The Morgan fingerprint density at radius 3 is 1.11 bits per heavy atom. The summed E-state index contributed by atoms with van der Waals surface area (Å²) < 4.78 is 0. The zero-order valence-corrected chi connectivity index (χ0v) is 28.9. The standard InChI is InChI=1S/C29H47N9O16/c30-13(2-1-11-33-29(31)32)23(48)38-18(12-39)27(52)36-15(4-8-20(42)43)25(50)34-14(3-7-19(40)41)24(49)35-16(5-9-21(44)45)26(51)37-17(28(53)54)6-10-22(46)47/h13-18,39H,1-12,30H2,(H,34,50)(H,35,49)(H,36,52)(H,37,51)(H,38,48)(H,40,41)(H,42,43)(H,44,45)(H,46,47)(H,53,54)(H4,31,32,33). The van der Waals surface area contributed by atoms with Crippen molar-refractivity contribution >= 4 is 65.3 Å². The molecule has 0 aliphatic heterocycles. The minimum Gasteiger partial charge on any atom is -0.481 e. The second kappa shape index (κ2) is 25.0. The van der Waals surface area contributed by atoms with Gasteiger partial charge in [-0.25, -0.2) is 4.79 Å². The van der Waals surface area contributed by atoms with E-state index >= 15 is 0 Å². The Bertz CT molecular complexity index is 1400. The third kappa shape index (κ3) is 20.7. The smallest absolute Gasteiger partial charge is 0.326 e. The average molecular weight is 778 g/mol. The molecule has 6 atom stereocenters. The van der Waals surface area contributed by atoms with Crippen LogP contribution in [0.25, 0.3) is 0 Å². The number of carbonyl (C=O) groups excluding carboxylic acids is 5. The van der Waals surface area contributed by atoms with Crippen molar-refractivity contribution in [3.8, 4) is 0 Å². The number of aliphatic hydroxyl groups excluding tert-OH is 1. The molecule has 0 aromatic heterocycles. The Morgan fingerprint density at radius 1 is 0.481 bits per heavy atom. The molecule has 25 heteroatoms. The quantitative estimate of drug-likeness (QED) is 0.0200. The van der Waals surface area contributed by atoms with E-state index in [1.807, 2.05) is 5.32 Å². The van der Waals surface area contributed by atoms with Gasteiger partial charge in [0, 0.05) is 32.2 Å². The Morgan fingerprint density at radius 2 is 0.796 bits per heavy atom. The molecule has 0 spiro atoms. The van der Waals surface area contributed by atoms with Gasteiger partial charge in [0.1, 0.15) is 30.2 Å². The van der Waals surface area contributed by atoms with Gasteiger partial charge in [0.25, 0.3) is 0 Å². The first-order valence-electron chi connectivity index (χ1n) is 16.2. The monoisotopic (exact) mass is 777 g/mol. The molecule has 0 aromatic carbocycles. The second-order valence-electron chi connectivity index (χ2n) is 11.6. The fourth-order valence-electron chi connectivity index (χ4n) is 4.35. The summed E-state index contributed by atoms with van der Waals surface area (Å²) in [5.41, 5.74) is 16.2. The highest BCUT2D eigenvalue weighted by molar-refractivity contribution is 5.96. The van der Waals surface area contributed by atoms with Gasteiger partial charge >= 0.3 is 29.8 Å². The Labute approximate surface area is 306 Å². The maximum atomic E-state index is 13.4. The van der Waals surface area contributed by atoms with E-state index in [2.05, 4.69) is 26.3 Å². The van der Waals surface area contributed by atoms with E-state index in [1.54, 1.807) is 0 Å². The highest BCUT2D eigenvalue weighted by Gasteiger charge is 2.33. The first-order chi connectivity index (χ1) is 25.2. The summed E-state index contributed by atoms with van der Waals surface area (Å²) >= 11 is 0. The van der Waals surface area contributed by atoms with E-state index in [4.69, 9.17) is 27.4 Å². The Hall–Kier alpha value is -6.11. The van der Waals surface area contributed by atoms with Crippen molar-refractivity contribution in [1.29, 1.82) is 0 Å². The number of amides is 5. The topological polar surface area (TPSA) is 443 Å². The highest BCUT2D eigenvalue weighted by atomic mass is 16.4. The zero-order chi connectivity index (χ0) is 41.5. The van der Waals surface area contributed by atoms with Crippen LogP contribution in [-0.2, 0) is 47.9 Å². The van der Waals surface area contributed by atoms with Crippen LogP contribution < -0.4 is 43.8 Å². The number of hydrogen-bond acceptors (Lipinski definition) is 13. The number of aliphatic imine (C=N–C) groups is 1. The summed E-state index contributed by atoms with van der Waals surface area (Å²) in [4.78, 5) is 125. The molecule has 0 fully saturated rings.